The van der Waals surface area contributed by atoms with Crippen LogP contribution in [-0.2, 0) is 20.0 Å². The lowest BCUT2D eigenvalue weighted by Gasteiger charge is -2.05. The highest BCUT2D eigenvalue weighted by Gasteiger charge is 2.14. The van der Waals surface area contributed by atoms with E-state index in [0.29, 0.717) is 5.52 Å². The number of para-hydroxylation sites is 1. The molecule has 3 aromatic rings. The van der Waals surface area contributed by atoms with Gasteiger partial charge in [-0.15, -0.1) is 0 Å². The second kappa shape index (κ2) is 5.05. The number of fused-ring (bicyclic) bond motifs is 1. The molecular formula is C15H16N4O2. The minimum Gasteiger partial charge on any atom is -0.478 e. The van der Waals surface area contributed by atoms with Crippen molar-refractivity contribution in [1.29, 1.82) is 0 Å². The third-order valence-corrected chi connectivity index (χ3v) is 3.56. The van der Waals surface area contributed by atoms with Crippen molar-refractivity contribution in [3.63, 3.8) is 0 Å². The van der Waals surface area contributed by atoms with Crippen molar-refractivity contribution in [3.8, 4) is 0 Å². The summed E-state index contributed by atoms with van der Waals surface area (Å²) >= 11 is 0. The number of aromatic nitrogens is 4. The second-order valence-electron chi connectivity index (χ2n) is 5.02. The van der Waals surface area contributed by atoms with Gasteiger partial charge in [-0.3, -0.25) is 4.68 Å². The number of hydrogen-bond donors (Lipinski definition) is 1. The minimum atomic E-state index is -0.949. The van der Waals surface area contributed by atoms with E-state index in [1.54, 1.807) is 16.8 Å². The fourth-order valence-corrected chi connectivity index (χ4v) is 2.54. The number of carboxylic acid groups (broad SMARTS) is 1. The van der Waals surface area contributed by atoms with Crippen LogP contribution in [0.1, 0.15) is 21.9 Å². The van der Waals surface area contributed by atoms with Gasteiger partial charge < -0.3 is 9.67 Å². The van der Waals surface area contributed by atoms with Gasteiger partial charge >= 0.3 is 5.97 Å². The SMILES string of the molecule is Cc1nc2c(C(=O)O)cccc2n1CCc1ccn(C)n1. The molecule has 0 unspecified atom stereocenters. The van der Waals surface area contributed by atoms with Crippen LogP contribution in [0.3, 0.4) is 0 Å². The Morgan fingerprint density at radius 1 is 1.33 bits per heavy atom. The average molecular weight is 284 g/mol. The molecule has 0 spiro atoms. The van der Waals surface area contributed by atoms with Crippen LogP contribution in [0.15, 0.2) is 30.5 Å². The molecule has 0 saturated heterocycles. The van der Waals surface area contributed by atoms with E-state index in [1.165, 1.54) is 0 Å². The Morgan fingerprint density at radius 2 is 2.14 bits per heavy atom. The number of aromatic carboxylic acids is 1. The van der Waals surface area contributed by atoms with E-state index in [4.69, 9.17) is 0 Å². The van der Waals surface area contributed by atoms with Gasteiger partial charge in [0.1, 0.15) is 11.3 Å². The summed E-state index contributed by atoms with van der Waals surface area (Å²) in [6, 6.07) is 7.22. The number of aryl methyl sites for hydroxylation is 4. The molecule has 0 atom stereocenters. The topological polar surface area (TPSA) is 72.9 Å². The molecule has 0 aliphatic carbocycles. The predicted molar refractivity (Wildman–Crippen MR) is 78.3 cm³/mol. The number of nitrogens with zero attached hydrogens (tertiary/aromatic N) is 4. The summed E-state index contributed by atoms with van der Waals surface area (Å²) in [5.41, 5.74) is 2.65. The third kappa shape index (κ3) is 2.40. The lowest BCUT2D eigenvalue weighted by atomic mass is 10.2. The van der Waals surface area contributed by atoms with Crippen molar-refractivity contribution < 1.29 is 9.90 Å². The van der Waals surface area contributed by atoms with Crippen molar-refractivity contribution >= 4 is 17.0 Å². The molecule has 0 aliphatic rings. The summed E-state index contributed by atoms with van der Waals surface area (Å²) in [7, 11) is 1.89. The standard InChI is InChI=1S/C15H16N4O2/c1-10-16-14-12(15(20)21)4-3-5-13(14)19(10)9-7-11-6-8-18(2)17-11/h3-6,8H,7,9H2,1-2H3,(H,20,21). The summed E-state index contributed by atoms with van der Waals surface area (Å²) in [6.45, 7) is 2.62. The summed E-state index contributed by atoms with van der Waals surface area (Å²) in [6.07, 6.45) is 2.70. The Labute approximate surface area is 121 Å². The molecule has 2 aromatic heterocycles. The van der Waals surface area contributed by atoms with E-state index in [2.05, 4.69) is 10.1 Å². The quantitative estimate of drug-likeness (QED) is 0.795. The monoisotopic (exact) mass is 284 g/mol. The van der Waals surface area contributed by atoms with E-state index >= 15 is 0 Å². The van der Waals surface area contributed by atoms with Crippen molar-refractivity contribution in [2.75, 3.05) is 0 Å². The van der Waals surface area contributed by atoms with Gasteiger partial charge in [0, 0.05) is 26.2 Å². The van der Waals surface area contributed by atoms with Crippen LogP contribution >= 0.6 is 0 Å². The maximum atomic E-state index is 11.3. The first-order chi connectivity index (χ1) is 10.1. The first kappa shape index (κ1) is 13.4. The fraction of sp³-hybridized carbons (Fsp3) is 0.267. The van der Waals surface area contributed by atoms with E-state index in [1.807, 2.05) is 36.9 Å². The Balaban J connectivity index is 1.97. The third-order valence-electron chi connectivity index (χ3n) is 3.56. The molecule has 1 N–H and O–H groups in total. The zero-order chi connectivity index (χ0) is 15.0. The lowest BCUT2D eigenvalue weighted by molar-refractivity contribution is 0.0699. The van der Waals surface area contributed by atoms with E-state index < -0.39 is 5.97 Å². The zero-order valence-corrected chi connectivity index (χ0v) is 11.9. The van der Waals surface area contributed by atoms with Crippen molar-refractivity contribution in [3.05, 3.63) is 47.5 Å². The number of rotatable bonds is 4. The molecule has 0 radical (unpaired) electrons. The molecule has 21 heavy (non-hydrogen) atoms. The van der Waals surface area contributed by atoms with Gasteiger partial charge in [0.05, 0.1) is 16.8 Å². The van der Waals surface area contributed by atoms with Gasteiger partial charge in [-0.1, -0.05) is 6.07 Å². The highest BCUT2D eigenvalue weighted by Crippen LogP contribution is 2.20. The van der Waals surface area contributed by atoms with E-state index in [0.717, 1.165) is 30.0 Å². The van der Waals surface area contributed by atoms with Crippen LogP contribution in [0, 0.1) is 6.92 Å². The second-order valence-corrected chi connectivity index (χ2v) is 5.02. The van der Waals surface area contributed by atoms with Gasteiger partial charge in [-0.05, 0) is 25.1 Å². The molecule has 0 amide bonds. The summed E-state index contributed by atoms with van der Waals surface area (Å²) < 4.78 is 3.81. The van der Waals surface area contributed by atoms with Crippen molar-refractivity contribution in [2.45, 2.75) is 19.9 Å². The molecule has 6 heteroatoms. The van der Waals surface area contributed by atoms with E-state index in [9.17, 15) is 9.90 Å². The average Bonchev–Trinajstić information content (AvgIpc) is 2.98. The number of hydrogen-bond acceptors (Lipinski definition) is 3. The summed E-state index contributed by atoms with van der Waals surface area (Å²) in [5.74, 6) is -0.135. The minimum absolute atomic E-state index is 0.243. The highest BCUT2D eigenvalue weighted by molar-refractivity contribution is 6.01. The first-order valence-corrected chi connectivity index (χ1v) is 6.74. The Hall–Kier alpha value is -2.63. The highest BCUT2D eigenvalue weighted by atomic mass is 16.4. The zero-order valence-electron chi connectivity index (χ0n) is 11.9. The van der Waals surface area contributed by atoms with Gasteiger partial charge in [0.25, 0.3) is 0 Å². The van der Waals surface area contributed by atoms with Gasteiger partial charge in [-0.25, -0.2) is 9.78 Å². The molecule has 6 nitrogen and oxygen atoms in total. The smallest absolute Gasteiger partial charge is 0.337 e. The van der Waals surface area contributed by atoms with Gasteiger partial charge in [0.15, 0.2) is 0 Å². The Morgan fingerprint density at radius 3 is 2.81 bits per heavy atom. The Bertz CT molecular complexity index is 816. The van der Waals surface area contributed by atoms with Crippen molar-refractivity contribution in [1.82, 2.24) is 19.3 Å². The fourth-order valence-electron chi connectivity index (χ4n) is 2.54. The van der Waals surface area contributed by atoms with Crippen LogP contribution in [-0.4, -0.2) is 30.4 Å². The number of benzene rings is 1. The molecule has 0 fully saturated rings. The number of imidazole rings is 1. The molecule has 3 rings (SSSR count). The molecule has 108 valence electrons. The summed E-state index contributed by atoms with van der Waals surface area (Å²) in [5, 5.41) is 13.6. The number of carboxylic acids is 1. The maximum absolute atomic E-state index is 11.3. The largest absolute Gasteiger partial charge is 0.478 e. The van der Waals surface area contributed by atoms with Gasteiger partial charge in [-0.2, -0.15) is 5.10 Å². The normalized spacial score (nSPS) is 11.1. The lowest BCUT2D eigenvalue weighted by Crippen LogP contribution is -2.04. The molecule has 0 saturated carbocycles. The van der Waals surface area contributed by atoms with Crippen LogP contribution in [0.25, 0.3) is 11.0 Å². The van der Waals surface area contributed by atoms with Crippen molar-refractivity contribution in [2.24, 2.45) is 7.05 Å². The van der Waals surface area contributed by atoms with Crippen LogP contribution in [0.2, 0.25) is 0 Å². The van der Waals surface area contributed by atoms with Crippen LogP contribution in [0.4, 0.5) is 0 Å². The molecule has 0 aliphatic heterocycles. The first-order valence-electron chi connectivity index (χ1n) is 6.74. The van der Waals surface area contributed by atoms with E-state index in [-0.39, 0.29) is 5.56 Å². The molecule has 1 aromatic carbocycles. The summed E-state index contributed by atoms with van der Waals surface area (Å²) in [4.78, 5) is 15.7. The number of carbonyl (C=O) groups is 1. The maximum Gasteiger partial charge on any atom is 0.337 e. The molecule has 0 bridgehead atoms. The molecule has 2 heterocycles. The Kier molecular flexibility index (Phi) is 3.21. The van der Waals surface area contributed by atoms with Crippen LogP contribution in [0.5, 0.6) is 0 Å². The molecular weight excluding hydrogens is 268 g/mol. The predicted octanol–water partition coefficient (Wildman–Crippen LogP) is 2.02. The van der Waals surface area contributed by atoms with Gasteiger partial charge in [0.2, 0.25) is 0 Å². The van der Waals surface area contributed by atoms with Crippen LogP contribution < -0.4 is 0 Å².